The third-order valence-corrected chi connectivity index (χ3v) is 2.61. The van der Waals surface area contributed by atoms with E-state index in [0.717, 1.165) is 0 Å². The molecule has 0 spiro atoms. The second kappa shape index (κ2) is 7.82. The number of thiocarbonyl (C=S) groups is 1. The fourth-order valence-corrected chi connectivity index (χ4v) is 1.99. The zero-order valence-electron chi connectivity index (χ0n) is 11.7. The van der Waals surface area contributed by atoms with Crippen molar-refractivity contribution in [3.05, 3.63) is 0 Å². The molecule has 0 aromatic carbocycles. The maximum Gasteiger partial charge on any atom is 0.303 e. The highest BCUT2D eigenvalue weighted by Gasteiger charge is 2.46. The summed E-state index contributed by atoms with van der Waals surface area (Å²) >= 11 is 4.49. The van der Waals surface area contributed by atoms with Gasteiger partial charge in [0.1, 0.15) is 0 Å². The van der Waals surface area contributed by atoms with E-state index in [1.807, 2.05) is 0 Å². The summed E-state index contributed by atoms with van der Waals surface area (Å²) in [5.41, 5.74) is 0. The van der Waals surface area contributed by atoms with E-state index in [1.54, 1.807) is 0 Å². The molecule has 1 rings (SSSR count). The minimum Gasteiger partial charge on any atom is -0.456 e. The molecular formula is C12H15NO7S. The summed E-state index contributed by atoms with van der Waals surface area (Å²) in [7, 11) is 0. The number of aliphatic imine (C=N–C) groups is 1. The van der Waals surface area contributed by atoms with Crippen molar-refractivity contribution in [1.82, 2.24) is 0 Å². The number of ether oxygens (including phenoxy) is 4. The highest BCUT2D eigenvalue weighted by molar-refractivity contribution is 7.78. The summed E-state index contributed by atoms with van der Waals surface area (Å²) in [6, 6.07) is 0. The molecule has 9 heteroatoms. The number of hydrogen-bond acceptors (Lipinski definition) is 9. The summed E-state index contributed by atoms with van der Waals surface area (Å²) in [4.78, 5) is 37.3. The number of carbonyl (C=O) groups is 3. The van der Waals surface area contributed by atoms with Crippen LogP contribution in [0.15, 0.2) is 4.99 Å². The van der Waals surface area contributed by atoms with E-state index in [-0.39, 0.29) is 6.61 Å². The van der Waals surface area contributed by atoms with Crippen LogP contribution in [0.4, 0.5) is 0 Å². The molecule has 116 valence electrons. The molecule has 1 aliphatic heterocycles. The van der Waals surface area contributed by atoms with Crippen LogP contribution in [0.1, 0.15) is 20.8 Å². The van der Waals surface area contributed by atoms with Crippen LogP contribution in [0, 0.1) is 0 Å². The molecule has 0 aliphatic carbocycles. The van der Waals surface area contributed by atoms with Crippen molar-refractivity contribution in [2.24, 2.45) is 4.99 Å². The van der Waals surface area contributed by atoms with Crippen LogP contribution in [0.3, 0.4) is 0 Å². The van der Waals surface area contributed by atoms with Crippen molar-refractivity contribution < 1.29 is 33.3 Å². The number of nitrogens with zero attached hydrogens (tertiary/aromatic N) is 1. The van der Waals surface area contributed by atoms with E-state index >= 15 is 0 Å². The van der Waals surface area contributed by atoms with E-state index in [2.05, 4.69) is 22.4 Å². The first-order valence-electron chi connectivity index (χ1n) is 6.05. The Morgan fingerprint density at radius 1 is 1.05 bits per heavy atom. The van der Waals surface area contributed by atoms with Crippen LogP contribution in [0.25, 0.3) is 0 Å². The molecule has 1 unspecified atom stereocenters. The van der Waals surface area contributed by atoms with Gasteiger partial charge in [-0.25, -0.2) is 0 Å². The summed E-state index contributed by atoms with van der Waals surface area (Å²) in [6.07, 6.45) is -4.02. The SMILES string of the molecule is CC(=O)O[C@H]1[C@H](OC(C)=O)COC(N=C=S)[C@@H]1OC(C)=O. The van der Waals surface area contributed by atoms with Crippen molar-refractivity contribution in [3.8, 4) is 0 Å². The number of esters is 3. The third-order valence-electron chi connectivity index (χ3n) is 2.50. The molecule has 0 amide bonds. The van der Waals surface area contributed by atoms with Gasteiger partial charge in [-0.1, -0.05) is 0 Å². The van der Waals surface area contributed by atoms with Crippen LogP contribution in [-0.4, -0.2) is 54.2 Å². The van der Waals surface area contributed by atoms with Crippen molar-refractivity contribution in [3.63, 3.8) is 0 Å². The predicted molar refractivity (Wildman–Crippen MR) is 71.4 cm³/mol. The quantitative estimate of drug-likeness (QED) is 0.314. The van der Waals surface area contributed by atoms with Crippen LogP contribution in [0.2, 0.25) is 0 Å². The number of carbonyl (C=O) groups excluding carboxylic acids is 3. The molecule has 0 radical (unpaired) electrons. The standard InChI is InChI=1S/C12H15NO7S/c1-6(14)18-9-4-17-12(13-5-21)11(20-8(3)16)10(9)19-7(2)15/h9-12H,4H2,1-3H3/t9-,10+,11-,12?/m1/s1. The van der Waals surface area contributed by atoms with Crippen LogP contribution in [0.5, 0.6) is 0 Å². The minimum atomic E-state index is -1.08. The lowest BCUT2D eigenvalue weighted by atomic mass is 10.0. The highest BCUT2D eigenvalue weighted by atomic mass is 32.1. The summed E-state index contributed by atoms with van der Waals surface area (Å²) < 4.78 is 20.5. The average molecular weight is 317 g/mol. The van der Waals surface area contributed by atoms with E-state index < -0.39 is 42.4 Å². The van der Waals surface area contributed by atoms with Gasteiger partial charge in [0.05, 0.1) is 11.8 Å². The Balaban J connectivity index is 3.05. The molecule has 1 fully saturated rings. The molecule has 0 aromatic heterocycles. The Morgan fingerprint density at radius 2 is 1.57 bits per heavy atom. The van der Waals surface area contributed by atoms with Gasteiger partial charge in [0, 0.05) is 20.8 Å². The largest absolute Gasteiger partial charge is 0.456 e. The van der Waals surface area contributed by atoms with E-state index in [0.29, 0.717) is 0 Å². The van der Waals surface area contributed by atoms with Gasteiger partial charge in [-0.2, -0.15) is 4.99 Å². The van der Waals surface area contributed by atoms with Crippen LogP contribution < -0.4 is 0 Å². The molecule has 0 N–H and O–H groups in total. The number of rotatable bonds is 4. The highest BCUT2D eigenvalue weighted by Crippen LogP contribution is 2.24. The Labute approximate surface area is 126 Å². The summed E-state index contributed by atoms with van der Waals surface area (Å²) in [5, 5.41) is 2.11. The van der Waals surface area contributed by atoms with Crippen LogP contribution in [-0.2, 0) is 33.3 Å². The molecule has 1 aliphatic rings. The monoisotopic (exact) mass is 317 g/mol. The number of hydrogen-bond donors (Lipinski definition) is 0. The van der Waals surface area contributed by atoms with Gasteiger partial charge in [-0.05, 0) is 12.2 Å². The van der Waals surface area contributed by atoms with Gasteiger partial charge in [-0.15, -0.1) is 0 Å². The van der Waals surface area contributed by atoms with E-state index in [1.165, 1.54) is 20.8 Å². The maximum absolute atomic E-state index is 11.2. The normalized spacial score (nSPS) is 28.0. The molecule has 21 heavy (non-hydrogen) atoms. The maximum atomic E-state index is 11.2. The van der Waals surface area contributed by atoms with Crippen molar-refractivity contribution in [1.29, 1.82) is 0 Å². The first-order valence-corrected chi connectivity index (χ1v) is 6.46. The molecule has 0 saturated carbocycles. The smallest absolute Gasteiger partial charge is 0.303 e. The van der Waals surface area contributed by atoms with Crippen LogP contribution >= 0.6 is 12.2 Å². The zero-order chi connectivity index (χ0) is 16.0. The Bertz CT molecular complexity index is 474. The molecule has 1 saturated heterocycles. The first kappa shape index (κ1) is 17.2. The van der Waals surface area contributed by atoms with Crippen molar-refractivity contribution in [2.75, 3.05) is 6.61 Å². The lowest BCUT2D eigenvalue weighted by Crippen LogP contribution is -2.56. The van der Waals surface area contributed by atoms with Crippen molar-refractivity contribution in [2.45, 2.75) is 45.3 Å². The van der Waals surface area contributed by atoms with Gasteiger partial charge in [0.25, 0.3) is 0 Å². The first-order chi connectivity index (χ1) is 9.85. The molecule has 4 atom stereocenters. The fraction of sp³-hybridized carbons (Fsp3) is 0.667. The van der Waals surface area contributed by atoms with Gasteiger partial charge in [0.15, 0.2) is 24.5 Å². The van der Waals surface area contributed by atoms with Gasteiger partial charge in [-0.3, -0.25) is 14.4 Å². The Kier molecular flexibility index (Phi) is 6.41. The number of isothiocyanates is 1. The van der Waals surface area contributed by atoms with Gasteiger partial charge < -0.3 is 18.9 Å². The van der Waals surface area contributed by atoms with E-state index in [9.17, 15) is 14.4 Å². The summed E-state index contributed by atoms with van der Waals surface area (Å²) in [6.45, 7) is 3.48. The van der Waals surface area contributed by atoms with Crippen molar-refractivity contribution >= 4 is 35.3 Å². The minimum absolute atomic E-state index is 0.0829. The lowest BCUT2D eigenvalue weighted by Gasteiger charge is -2.38. The molecular weight excluding hydrogens is 302 g/mol. The Morgan fingerprint density at radius 3 is 2.05 bits per heavy atom. The average Bonchev–Trinajstić information content (AvgIpc) is 2.35. The zero-order valence-corrected chi connectivity index (χ0v) is 12.5. The lowest BCUT2D eigenvalue weighted by molar-refractivity contribution is -0.224. The Hall–Kier alpha value is -1.83. The molecule has 8 nitrogen and oxygen atoms in total. The summed E-state index contributed by atoms with van der Waals surface area (Å²) in [5.74, 6) is -1.84. The molecule has 1 heterocycles. The van der Waals surface area contributed by atoms with Gasteiger partial charge in [0.2, 0.25) is 0 Å². The second-order valence-corrected chi connectivity index (χ2v) is 4.42. The van der Waals surface area contributed by atoms with E-state index in [4.69, 9.17) is 18.9 Å². The third kappa shape index (κ3) is 5.22. The molecule has 0 bridgehead atoms. The van der Waals surface area contributed by atoms with Gasteiger partial charge >= 0.3 is 17.9 Å². The second-order valence-electron chi connectivity index (χ2n) is 4.24. The topological polar surface area (TPSA) is 100 Å². The molecule has 0 aromatic rings. The fourth-order valence-electron chi connectivity index (χ4n) is 1.89. The predicted octanol–water partition coefficient (Wildman–Crippen LogP) is 0.241.